The first-order valence-electron chi connectivity index (χ1n) is 8.66. The number of amides is 1. The first-order valence-corrected chi connectivity index (χ1v) is 8.66. The van der Waals surface area contributed by atoms with Crippen molar-refractivity contribution in [2.45, 2.75) is 31.5 Å². The normalized spacial score (nSPS) is 17.2. The van der Waals surface area contributed by atoms with Crippen molar-refractivity contribution in [2.75, 3.05) is 19.8 Å². The quantitative estimate of drug-likeness (QED) is 0.842. The summed E-state index contributed by atoms with van der Waals surface area (Å²) in [7, 11) is 0. The second-order valence-electron chi connectivity index (χ2n) is 6.39. The van der Waals surface area contributed by atoms with E-state index in [1.165, 1.54) is 0 Å². The Morgan fingerprint density at radius 1 is 1.16 bits per heavy atom. The van der Waals surface area contributed by atoms with Crippen LogP contribution in [0.25, 0.3) is 0 Å². The first kappa shape index (κ1) is 17.6. The zero-order valence-electron chi connectivity index (χ0n) is 14.5. The molecule has 1 aliphatic rings. The largest absolute Gasteiger partial charge is 0.355 e. The number of carbonyl (C=O) groups is 1. The van der Waals surface area contributed by atoms with Crippen molar-refractivity contribution >= 4 is 5.91 Å². The van der Waals surface area contributed by atoms with Gasteiger partial charge in [0, 0.05) is 25.4 Å². The number of nitrogens with zero attached hydrogens (tertiary/aromatic N) is 1. The van der Waals surface area contributed by atoms with Gasteiger partial charge < -0.3 is 14.8 Å². The molecule has 0 bridgehead atoms. The molecule has 1 aromatic heterocycles. The summed E-state index contributed by atoms with van der Waals surface area (Å²) in [6, 6.07) is 13.8. The van der Waals surface area contributed by atoms with E-state index in [0.717, 1.165) is 11.1 Å². The zero-order valence-corrected chi connectivity index (χ0v) is 14.5. The number of benzene rings is 1. The fourth-order valence-electron chi connectivity index (χ4n) is 3.04. The second-order valence-corrected chi connectivity index (χ2v) is 6.39. The van der Waals surface area contributed by atoms with Crippen molar-refractivity contribution in [3.05, 3.63) is 66.0 Å². The number of nitrogens with one attached hydrogen (secondary N) is 1. The van der Waals surface area contributed by atoms with Crippen molar-refractivity contribution in [3.63, 3.8) is 0 Å². The Morgan fingerprint density at radius 2 is 1.84 bits per heavy atom. The molecule has 5 heteroatoms. The van der Waals surface area contributed by atoms with Gasteiger partial charge >= 0.3 is 0 Å². The number of pyridine rings is 1. The summed E-state index contributed by atoms with van der Waals surface area (Å²) in [6.07, 6.45) is 4.79. The van der Waals surface area contributed by atoms with Gasteiger partial charge in [0.05, 0.1) is 19.1 Å². The Labute approximate surface area is 148 Å². The van der Waals surface area contributed by atoms with E-state index in [-0.39, 0.29) is 11.8 Å². The van der Waals surface area contributed by atoms with E-state index < -0.39 is 5.79 Å². The fourth-order valence-corrected chi connectivity index (χ4v) is 3.04. The lowest BCUT2D eigenvalue weighted by Gasteiger charge is -2.23. The van der Waals surface area contributed by atoms with Gasteiger partial charge in [0.15, 0.2) is 5.79 Å². The van der Waals surface area contributed by atoms with Gasteiger partial charge in [-0.25, -0.2) is 0 Å². The highest BCUT2D eigenvalue weighted by atomic mass is 16.7. The summed E-state index contributed by atoms with van der Waals surface area (Å²) in [6.45, 7) is 3.66. The molecule has 1 atom stereocenters. The Kier molecular flexibility index (Phi) is 5.79. The third kappa shape index (κ3) is 4.87. The molecule has 3 rings (SSSR count). The summed E-state index contributed by atoms with van der Waals surface area (Å²) < 4.78 is 11.2. The van der Waals surface area contributed by atoms with Gasteiger partial charge in [-0.1, -0.05) is 30.3 Å². The van der Waals surface area contributed by atoms with Crippen LogP contribution < -0.4 is 5.32 Å². The summed E-state index contributed by atoms with van der Waals surface area (Å²) >= 11 is 0. The predicted octanol–water partition coefficient (Wildman–Crippen LogP) is 2.68. The molecule has 2 heterocycles. The minimum Gasteiger partial charge on any atom is -0.355 e. The van der Waals surface area contributed by atoms with Crippen LogP contribution in [0.5, 0.6) is 0 Å². The molecule has 0 radical (unpaired) electrons. The molecule has 0 saturated carbocycles. The van der Waals surface area contributed by atoms with E-state index in [1.807, 2.05) is 49.4 Å². The number of carbonyl (C=O) groups excluding carboxylic acids is 1. The van der Waals surface area contributed by atoms with Crippen LogP contribution in [0.2, 0.25) is 0 Å². The van der Waals surface area contributed by atoms with Crippen molar-refractivity contribution in [3.8, 4) is 0 Å². The number of hydrogen-bond acceptors (Lipinski definition) is 4. The number of rotatable bonds is 7. The third-order valence-electron chi connectivity index (χ3n) is 4.48. The molecular formula is C20H24N2O3. The van der Waals surface area contributed by atoms with E-state index in [9.17, 15) is 4.79 Å². The molecule has 1 amide bonds. The summed E-state index contributed by atoms with van der Waals surface area (Å²) in [5, 5.41) is 3.04. The minimum absolute atomic E-state index is 0.0182. The molecule has 1 fully saturated rings. The molecule has 132 valence electrons. The van der Waals surface area contributed by atoms with Crippen LogP contribution in [0.3, 0.4) is 0 Å². The summed E-state index contributed by atoms with van der Waals surface area (Å²) in [5.74, 6) is -0.799. The summed E-state index contributed by atoms with van der Waals surface area (Å²) in [5.41, 5.74) is 2.10. The molecule has 25 heavy (non-hydrogen) atoms. The minimum atomic E-state index is -0.583. The first-order chi connectivity index (χ1) is 12.2. The summed E-state index contributed by atoms with van der Waals surface area (Å²) in [4.78, 5) is 16.9. The lowest BCUT2D eigenvalue weighted by atomic mass is 9.91. The number of ether oxygens (including phenoxy) is 2. The van der Waals surface area contributed by atoms with Crippen molar-refractivity contribution in [2.24, 2.45) is 0 Å². The molecule has 0 aliphatic carbocycles. The second kappa shape index (κ2) is 8.23. The Hall–Kier alpha value is -2.24. The monoisotopic (exact) mass is 340 g/mol. The Balaban J connectivity index is 1.65. The van der Waals surface area contributed by atoms with Crippen LogP contribution in [-0.2, 0) is 20.7 Å². The highest BCUT2D eigenvalue weighted by Gasteiger charge is 2.31. The van der Waals surface area contributed by atoms with Gasteiger partial charge in [-0.2, -0.15) is 0 Å². The average molecular weight is 340 g/mol. The fraction of sp³-hybridized carbons (Fsp3) is 0.400. The molecule has 2 aromatic rings. The third-order valence-corrected chi connectivity index (χ3v) is 4.48. The Bertz CT molecular complexity index is 670. The highest BCUT2D eigenvalue weighted by molar-refractivity contribution is 5.84. The maximum atomic E-state index is 12.8. The van der Waals surface area contributed by atoms with E-state index in [4.69, 9.17) is 9.47 Å². The maximum Gasteiger partial charge on any atom is 0.227 e. The van der Waals surface area contributed by atoms with Gasteiger partial charge in [-0.15, -0.1) is 0 Å². The average Bonchev–Trinajstić information content (AvgIpc) is 3.08. The molecule has 1 saturated heterocycles. The molecule has 1 aromatic carbocycles. The van der Waals surface area contributed by atoms with Crippen LogP contribution in [-0.4, -0.2) is 36.4 Å². The van der Waals surface area contributed by atoms with E-state index in [0.29, 0.717) is 32.6 Å². The van der Waals surface area contributed by atoms with E-state index >= 15 is 0 Å². The standard InChI is InChI=1S/C20H24N2O3/c1-20(24-13-14-25-20)9-12-22-19(23)18(17-5-3-2-4-6-17)15-16-7-10-21-11-8-16/h2-8,10-11,18H,9,12-15H2,1H3,(H,22,23). The SMILES string of the molecule is CC1(CCNC(=O)C(Cc2ccncc2)c2ccccc2)OCCO1. The molecule has 5 nitrogen and oxygen atoms in total. The Morgan fingerprint density at radius 3 is 2.52 bits per heavy atom. The van der Waals surface area contributed by atoms with Crippen molar-refractivity contribution in [1.29, 1.82) is 0 Å². The van der Waals surface area contributed by atoms with Gasteiger partial charge in [-0.3, -0.25) is 9.78 Å². The molecule has 0 spiro atoms. The van der Waals surface area contributed by atoms with Crippen LogP contribution in [0, 0.1) is 0 Å². The number of aromatic nitrogens is 1. The smallest absolute Gasteiger partial charge is 0.227 e. The van der Waals surface area contributed by atoms with Crippen LogP contribution in [0.1, 0.15) is 30.4 Å². The molecular weight excluding hydrogens is 316 g/mol. The number of hydrogen-bond donors (Lipinski definition) is 1. The van der Waals surface area contributed by atoms with Gasteiger partial charge in [0.1, 0.15) is 0 Å². The van der Waals surface area contributed by atoms with Gasteiger partial charge in [-0.05, 0) is 36.6 Å². The molecule has 1 aliphatic heterocycles. The van der Waals surface area contributed by atoms with Crippen molar-refractivity contribution in [1.82, 2.24) is 10.3 Å². The van der Waals surface area contributed by atoms with Crippen molar-refractivity contribution < 1.29 is 14.3 Å². The van der Waals surface area contributed by atoms with Crippen LogP contribution in [0.15, 0.2) is 54.9 Å². The zero-order chi connectivity index (χ0) is 17.5. The lowest BCUT2D eigenvalue weighted by Crippen LogP contribution is -2.36. The van der Waals surface area contributed by atoms with Crippen LogP contribution >= 0.6 is 0 Å². The van der Waals surface area contributed by atoms with E-state index in [1.54, 1.807) is 12.4 Å². The lowest BCUT2D eigenvalue weighted by molar-refractivity contribution is -0.146. The van der Waals surface area contributed by atoms with Gasteiger partial charge in [0.2, 0.25) is 5.91 Å². The predicted molar refractivity (Wildman–Crippen MR) is 95.1 cm³/mol. The van der Waals surface area contributed by atoms with E-state index in [2.05, 4.69) is 10.3 Å². The molecule has 1 N–H and O–H groups in total. The highest BCUT2D eigenvalue weighted by Crippen LogP contribution is 2.23. The van der Waals surface area contributed by atoms with Crippen LogP contribution in [0.4, 0.5) is 0 Å². The van der Waals surface area contributed by atoms with Gasteiger partial charge in [0.25, 0.3) is 0 Å². The topological polar surface area (TPSA) is 60.5 Å². The molecule has 1 unspecified atom stereocenters. The maximum absolute atomic E-state index is 12.8.